The first kappa shape index (κ1) is 16.7. The van der Waals surface area contributed by atoms with Gasteiger partial charge in [0.15, 0.2) is 0 Å². The van der Waals surface area contributed by atoms with Gasteiger partial charge >= 0.3 is 0 Å². The third-order valence-corrected chi connectivity index (χ3v) is 4.23. The highest BCUT2D eigenvalue weighted by atomic mass is 35.5. The van der Waals surface area contributed by atoms with Crippen LogP contribution in [0.3, 0.4) is 0 Å². The van der Waals surface area contributed by atoms with Crippen LogP contribution in [0, 0.1) is 0 Å². The lowest BCUT2D eigenvalue weighted by atomic mass is 10.2. The van der Waals surface area contributed by atoms with Crippen molar-refractivity contribution in [3.63, 3.8) is 0 Å². The van der Waals surface area contributed by atoms with E-state index in [4.69, 9.17) is 11.6 Å². The Labute approximate surface area is 143 Å². The summed E-state index contributed by atoms with van der Waals surface area (Å²) in [6, 6.07) is 8.93. The third-order valence-electron chi connectivity index (χ3n) is 3.98. The highest BCUT2D eigenvalue weighted by molar-refractivity contribution is 6.30. The standard InChI is InChI=1S/C16H17ClF2N4O/c17-11-1-3-13(4-2-11)22-8-6-12(9-22)21-16(24)14-5-7-20-23(14)10-15(18)19/h1-5,7,12,15H,6,8-10H2,(H,21,24). The lowest BCUT2D eigenvalue weighted by Gasteiger charge is -2.19. The number of nitrogens with zero attached hydrogens (tertiary/aromatic N) is 3. The molecule has 24 heavy (non-hydrogen) atoms. The SMILES string of the molecule is O=C(NC1CCN(c2ccc(Cl)cc2)C1)c1ccnn1CC(F)F. The summed E-state index contributed by atoms with van der Waals surface area (Å²) in [5.41, 5.74) is 1.19. The quantitative estimate of drug-likeness (QED) is 0.898. The summed E-state index contributed by atoms with van der Waals surface area (Å²) >= 11 is 5.89. The largest absolute Gasteiger partial charge is 0.369 e. The average Bonchev–Trinajstić information content (AvgIpc) is 3.17. The highest BCUT2D eigenvalue weighted by Gasteiger charge is 2.25. The van der Waals surface area contributed by atoms with Gasteiger partial charge in [-0.1, -0.05) is 11.6 Å². The molecule has 1 aliphatic heterocycles. The number of alkyl halides is 2. The van der Waals surface area contributed by atoms with Crippen molar-refractivity contribution in [1.82, 2.24) is 15.1 Å². The predicted molar refractivity (Wildman–Crippen MR) is 87.8 cm³/mol. The van der Waals surface area contributed by atoms with E-state index in [-0.39, 0.29) is 17.6 Å². The van der Waals surface area contributed by atoms with E-state index in [1.165, 1.54) is 12.3 Å². The van der Waals surface area contributed by atoms with Gasteiger partial charge in [-0.15, -0.1) is 0 Å². The van der Waals surface area contributed by atoms with Crippen LogP contribution in [0.4, 0.5) is 14.5 Å². The van der Waals surface area contributed by atoms with Crippen molar-refractivity contribution in [1.29, 1.82) is 0 Å². The van der Waals surface area contributed by atoms with Gasteiger partial charge in [-0.05, 0) is 36.8 Å². The first-order chi connectivity index (χ1) is 11.5. The molecule has 0 radical (unpaired) electrons. The molecule has 1 fully saturated rings. The molecule has 2 aromatic rings. The van der Waals surface area contributed by atoms with Gasteiger partial charge in [0.1, 0.15) is 12.2 Å². The number of amides is 1. The van der Waals surface area contributed by atoms with E-state index in [0.717, 1.165) is 23.3 Å². The van der Waals surface area contributed by atoms with E-state index in [9.17, 15) is 13.6 Å². The van der Waals surface area contributed by atoms with E-state index in [0.29, 0.717) is 11.6 Å². The summed E-state index contributed by atoms with van der Waals surface area (Å²) in [6.07, 6.45) is -0.410. The van der Waals surface area contributed by atoms with Crippen molar-refractivity contribution < 1.29 is 13.6 Å². The molecule has 0 bridgehead atoms. The van der Waals surface area contributed by atoms with Crippen LogP contribution in [-0.4, -0.2) is 41.2 Å². The van der Waals surface area contributed by atoms with Gasteiger partial charge in [0.2, 0.25) is 0 Å². The second-order valence-corrected chi connectivity index (χ2v) is 6.11. The van der Waals surface area contributed by atoms with Gasteiger partial charge in [0, 0.05) is 36.0 Å². The molecule has 128 valence electrons. The summed E-state index contributed by atoms with van der Waals surface area (Å²) in [7, 11) is 0. The number of rotatable bonds is 5. The average molecular weight is 355 g/mol. The van der Waals surface area contributed by atoms with Crippen LogP contribution < -0.4 is 10.2 Å². The molecule has 1 saturated heterocycles. The van der Waals surface area contributed by atoms with Crippen LogP contribution in [0.2, 0.25) is 5.02 Å². The van der Waals surface area contributed by atoms with Gasteiger partial charge in [-0.25, -0.2) is 8.78 Å². The Morgan fingerprint density at radius 2 is 2.08 bits per heavy atom. The fourth-order valence-electron chi connectivity index (χ4n) is 2.83. The van der Waals surface area contributed by atoms with Crippen molar-refractivity contribution in [2.45, 2.75) is 25.4 Å². The zero-order valence-corrected chi connectivity index (χ0v) is 13.6. The Morgan fingerprint density at radius 1 is 1.33 bits per heavy atom. The van der Waals surface area contributed by atoms with Crippen molar-refractivity contribution in [2.24, 2.45) is 0 Å². The third kappa shape index (κ3) is 3.84. The Balaban J connectivity index is 1.60. The Hall–Kier alpha value is -2.15. The summed E-state index contributed by atoms with van der Waals surface area (Å²) in [5.74, 6) is -0.379. The molecule has 0 spiro atoms. The fourth-order valence-corrected chi connectivity index (χ4v) is 2.95. The maximum atomic E-state index is 12.5. The molecule has 0 saturated carbocycles. The molecular formula is C16H17ClF2N4O. The molecule has 0 aliphatic carbocycles. The number of aromatic nitrogens is 2. The van der Waals surface area contributed by atoms with E-state index in [1.54, 1.807) is 0 Å². The zero-order chi connectivity index (χ0) is 17.1. The van der Waals surface area contributed by atoms with Crippen molar-refractivity contribution >= 4 is 23.2 Å². The summed E-state index contributed by atoms with van der Waals surface area (Å²) < 4.78 is 26.0. The molecule has 5 nitrogen and oxygen atoms in total. The molecule has 1 atom stereocenters. The fraction of sp³-hybridized carbons (Fsp3) is 0.375. The van der Waals surface area contributed by atoms with Crippen LogP contribution in [0.5, 0.6) is 0 Å². The minimum atomic E-state index is -2.55. The number of anilines is 1. The number of benzene rings is 1. The molecule has 1 aromatic carbocycles. The second kappa shape index (κ2) is 7.17. The summed E-state index contributed by atoms with van der Waals surface area (Å²) in [5, 5.41) is 7.35. The van der Waals surface area contributed by atoms with Crippen molar-refractivity contribution in [2.75, 3.05) is 18.0 Å². The summed E-state index contributed by atoms with van der Waals surface area (Å²) in [4.78, 5) is 14.4. The van der Waals surface area contributed by atoms with Crippen LogP contribution in [0.15, 0.2) is 36.5 Å². The van der Waals surface area contributed by atoms with E-state index >= 15 is 0 Å². The number of hydrogen-bond acceptors (Lipinski definition) is 3. The van der Waals surface area contributed by atoms with Gasteiger partial charge in [-0.3, -0.25) is 9.48 Å². The van der Waals surface area contributed by atoms with Crippen LogP contribution in [0.25, 0.3) is 0 Å². The molecule has 8 heteroatoms. The monoisotopic (exact) mass is 354 g/mol. The van der Waals surface area contributed by atoms with Gasteiger partial charge in [0.25, 0.3) is 12.3 Å². The summed E-state index contributed by atoms with van der Waals surface area (Å²) in [6.45, 7) is 0.885. The van der Waals surface area contributed by atoms with Crippen LogP contribution in [0.1, 0.15) is 16.9 Å². The molecule has 1 aliphatic rings. The number of hydrogen-bond donors (Lipinski definition) is 1. The van der Waals surface area contributed by atoms with Gasteiger partial charge in [0.05, 0.1) is 0 Å². The normalized spacial score (nSPS) is 17.5. The maximum absolute atomic E-state index is 12.5. The molecule has 1 amide bonds. The minimum Gasteiger partial charge on any atom is -0.369 e. The van der Waals surface area contributed by atoms with E-state index in [2.05, 4.69) is 15.3 Å². The number of carbonyl (C=O) groups excluding carboxylic acids is 1. The first-order valence-corrected chi connectivity index (χ1v) is 8.02. The maximum Gasteiger partial charge on any atom is 0.269 e. The zero-order valence-electron chi connectivity index (χ0n) is 12.8. The molecule has 3 rings (SSSR count). The second-order valence-electron chi connectivity index (χ2n) is 5.67. The number of nitrogens with one attached hydrogen (secondary N) is 1. The smallest absolute Gasteiger partial charge is 0.269 e. The Kier molecular flexibility index (Phi) is 4.99. The van der Waals surface area contributed by atoms with Gasteiger partial charge < -0.3 is 10.2 Å². The Bertz CT molecular complexity index is 704. The lowest BCUT2D eigenvalue weighted by molar-refractivity contribution is 0.0911. The molecule has 1 unspecified atom stereocenters. The number of halogens is 3. The molecule has 1 N–H and O–H groups in total. The topological polar surface area (TPSA) is 50.2 Å². The van der Waals surface area contributed by atoms with Crippen molar-refractivity contribution in [3.05, 3.63) is 47.2 Å². The number of carbonyl (C=O) groups is 1. The van der Waals surface area contributed by atoms with Crippen LogP contribution in [-0.2, 0) is 6.54 Å². The van der Waals surface area contributed by atoms with E-state index in [1.807, 2.05) is 24.3 Å². The molecule has 2 heterocycles. The highest BCUT2D eigenvalue weighted by Crippen LogP contribution is 2.22. The lowest BCUT2D eigenvalue weighted by Crippen LogP contribution is -2.38. The first-order valence-electron chi connectivity index (χ1n) is 7.64. The molecular weight excluding hydrogens is 338 g/mol. The van der Waals surface area contributed by atoms with Crippen LogP contribution >= 0.6 is 11.6 Å². The minimum absolute atomic E-state index is 0.0388. The Morgan fingerprint density at radius 3 is 2.79 bits per heavy atom. The van der Waals surface area contributed by atoms with Crippen molar-refractivity contribution in [3.8, 4) is 0 Å². The predicted octanol–water partition coefficient (Wildman–Crippen LogP) is 2.81. The van der Waals surface area contributed by atoms with Gasteiger partial charge in [-0.2, -0.15) is 5.10 Å². The molecule has 1 aromatic heterocycles. The van der Waals surface area contributed by atoms with E-state index < -0.39 is 13.0 Å².